The summed E-state index contributed by atoms with van der Waals surface area (Å²) in [4.78, 5) is 2.43. The van der Waals surface area contributed by atoms with Crippen LogP contribution in [0, 0.1) is 12.7 Å². The highest BCUT2D eigenvalue weighted by atomic mass is 19.1. The predicted molar refractivity (Wildman–Crippen MR) is 110 cm³/mol. The Morgan fingerprint density at radius 3 is 2.86 bits per heavy atom. The first-order chi connectivity index (χ1) is 14.1. The van der Waals surface area contributed by atoms with Crippen molar-refractivity contribution in [3.05, 3.63) is 76.9 Å². The van der Waals surface area contributed by atoms with Crippen LogP contribution in [0.1, 0.15) is 34.9 Å². The number of aromatic amines is 1. The highest BCUT2D eigenvalue weighted by molar-refractivity contribution is 5.37. The molecule has 1 fully saturated rings. The predicted octanol–water partition coefficient (Wildman–Crippen LogP) is 4.43. The third-order valence-electron chi connectivity index (χ3n) is 5.40. The van der Waals surface area contributed by atoms with E-state index in [2.05, 4.69) is 40.2 Å². The van der Waals surface area contributed by atoms with Gasteiger partial charge in [0.05, 0.1) is 18.5 Å². The summed E-state index contributed by atoms with van der Waals surface area (Å²) in [6.45, 7) is 5.19. The Labute approximate surface area is 170 Å². The molecule has 2 aromatic carbocycles. The Kier molecular flexibility index (Phi) is 5.81. The average Bonchev–Trinajstić information content (AvgIpc) is 3.38. The summed E-state index contributed by atoms with van der Waals surface area (Å²) in [6.07, 6.45) is 1.06. The van der Waals surface area contributed by atoms with Crippen LogP contribution in [0.4, 0.5) is 4.39 Å². The van der Waals surface area contributed by atoms with Gasteiger partial charge >= 0.3 is 0 Å². The number of nitrogens with zero attached hydrogens (tertiary/aromatic N) is 2. The Morgan fingerprint density at radius 1 is 1.17 bits per heavy atom. The number of halogens is 1. The van der Waals surface area contributed by atoms with Gasteiger partial charge in [-0.05, 0) is 49.7 Å². The average molecular weight is 395 g/mol. The van der Waals surface area contributed by atoms with Crippen molar-refractivity contribution in [2.75, 3.05) is 20.2 Å². The molecule has 29 heavy (non-hydrogen) atoms. The molecule has 152 valence electrons. The van der Waals surface area contributed by atoms with E-state index in [1.165, 1.54) is 17.2 Å². The van der Waals surface area contributed by atoms with Crippen molar-refractivity contribution >= 4 is 0 Å². The van der Waals surface area contributed by atoms with Gasteiger partial charge < -0.3 is 9.47 Å². The molecule has 1 N–H and O–H groups in total. The zero-order chi connectivity index (χ0) is 20.2. The van der Waals surface area contributed by atoms with E-state index in [4.69, 9.17) is 9.47 Å². The lowest BCUT2D eigenvalue weighted by Gasteiger charge is -2.18. The summed E-state index contributed by atoms with van der Waals surface area (Å²) < 4.78 is 24.8. The fraction of sp³-hybridized carbons (Fsp3) is 0.348. The van der Waals surface area contributed by atoms with Gasteiger partial charge in [-0.15, -0.1) is 0 Å². The van der Waals surface area contributed by atoms with Crippen LogP contribution in [0.3, 0.4) is 0 Å². The quantitative estimate of drug-likeness (QED) is 0.643. The molecule has 0 aliphatic carbocycles. The lowest BCUT2D eigenvalue weighted by Crippen LogP contribution is -2.20. The summed E-state index contributed by atoms with van der Waals surface area (Å²) in [5, 5.41) is 7.50. The van der Waals surface area contributed by atoms with Crippen molar-refractivity contribution in [3.63, 3.8) is 0 Å². The number of ether oxygens (including phenoxy) is 2. The minimum Gasteiger partial charge on any atom is -0.496 e. The number of benzene rings is 2. The molecule has 0 radical (unpaired) electrons. The second-order valence-corrected chi connectivity index (χ2v) is 7.57. The third-order valence-corrected chi connectivity index (χ3v) is 5.40. The van der Waals surface area contributed by atoms with Crippen LogP contribution in [0.25, 0.3) is 0 Å². The third kappa shape index (κ3) is 4.59. The first kappa shape index (κ1) is 19.5. The number of para-hydroxylation sites is 1. The molecule has 5 nitrogen and oxygen atoms in total. The molecule has 1 saturated heterocycles. The molecule has 1 aromatic heterocycles. The number of H-pyrrole nitrogens is 1. The van der Waals surface area contributed by atoms with Crippen LogP contribution in [0.2, 0.25) is 0 Å². The zero-order valence-electron chi connectivity index (χ0n) is 16.8. The van der Waals surface area contributed by atoms with E-state index in [0.29, 0.717) is 5.92 Å². The maximum absolute atomic E-state index is 13.7. The van der Waals surface area contributed by atoms with Crippen LogP contribution in [0.5, 0.6) is 11.5 Å². The molecule has 1 aliphatic rings. The number of aromatic nitrogens is 2. The van der Waals surface area contributed by atoms with E-state index in [9.17, 15) is 4.39 Å². The van der Waals surface area contributed by atoms with Gasteiger partial charge in [-0.3, -0.25) is 10.00 Å². The van der Waals surface area contributed by atoms with Crippen molar-refractivity contribution < 1.29 is 13.9 Å². The van der Waals surface area contributed by atoms with Gasteiger partial charge in [-0.1, -0.05) is 24.3 Å². The van der Waals surface area contributed by atoms with Crippen molar-refractivity contribution in [3.8, 4) is 11.5 Å². The first-order valence-electron chi connectivity index (χ1n) is 9.90. The molecular formula is C23H26FN3O2. The van der Waals surface area contributed by atoms with Gasteiger partial charge in [0.25, 0.3) is 0 Å². The maximum atomic E-state index is 13.7. The highest BCUT2D eigenvalue weighted by Crippen LogP contribution is 2.30. The van der Waals surface area contributed by atoms with Crippen LogP contribution >= 0.6 is 0 Å². The minimum atomic E-state index is -0.356. The number of likely N-dealkylation sites (tertiary alicyclic amines) is 1. The van der Waals surface area contributed by atoms with Crippen molar-refractivity contribution in [1.29, 1.82) is 0 Å². The van der Waals surface area contributed by atoms with Gasteiger partial charge in [-0.25, -0.2) is 4.39 Å². The number of rotatable bonds is 7. The number of hydrogen-bond acceptors (Lipinski definition) is 4. The largest absolute Gasteiger partial charge is 0.496 e. The first-order valence-corrected chi connectivity index (χ1v) is 9.90. The zero-order valence-corrected chi connectivity index (χ0v) is 16.8. The van der Waals surface area contributed by atoms with Gasteiger partial charge in [0.2, 0.25) is 0 Å². The van der Waals surface area contributed by atoms with Crippen molar-refractivity contribution in [1.82, 2.24) is 15.1 Å². The minimum absolute atomic E-state index is 0.253. The van der Waals surface area contributed by atoms with Gasteiger partial charge in [0.1, 0.15) is 12.4 Å². The van der Waals surface area contributed by atoms with E-state index in [1.807, 2.05) is 6.07 Å². The second kappa shape index (κ2) is 8.66. The topological polar surface area (TPSA) is 50.4 Å². The van der Waals surface area contributed by atoms with Gasteiger partial charge in [0, 0.05) is 24.6 Å². The molecular weight excluding hydrogens is 369 g/mol. The lowest BCUT2D eigenvalue weighted by atomic mass is 10.1. The summed E-state index contributed by atoms with van der Waals surface area (Å²) in [5.41, 5.74) is 4.30. The van der Waals surface area contributed by atoms with E-state index >= 15 is 0 Å². The smallest absolute Gasteiger partial charge is 0.165 e. The van der Waals surface area contributed by atoms with E-state index in [1.54, 1.807) is 25.3 Å². The Morgan fingerprint density at radius 2 is 2.03 bits per heavy atom. The van der Waals surface area contributed by atoms with Crippen LogP contribution in [0.15, 0.2) is 48.5 Å². The Balaban J connectivity index is 1.34. The van der Waals surface area contributed by atoms with Crippen molar-refractivity contribution in [2.45, 2.75) is 32.4 Å². The fourth-order valence-electron chi connectivity index (χ4n) is 3.82. The molecule has 6 heteroatoms. The number of nitrogens with one attached hydrogen (secondary N) is 1. The molecule has 1 atom stereocenters. The molecule has 0 bridgehead atoms. The monoisotopic (exact) mass is 395 g/mol. The second-order valence-electron chi connectivity index (χ2n) is 7.57. The summed E-state index contributed by atoms with van der Waals surface area (Å²) in [5.74, 6) is 1.22. The summed E-state index contributed by atoms with van der Waals surface area (Å²) >= 11 is 0. The van der Waals surface area contributed by atoms with Gasteiger partial charge in [0.15, 0.2) is 11.6 Å². The van der Waals surface area contributed by atoms with E-state index in [-0.39, 0.29) is 18.2 Å². The molecule has 0 spiro atoms. The standard InChI is InChI=1S/C23H26FN3O2/c1-16-7-8-18(23(11-16)28-2)14-27-10-9-17(13-27)21-12-19(25-26-21)15-29-22-6-4-3-5-20(22)24/h3-8,11-12,17H,9-10,13-15H2,1-2H3,(H,25,26). The number of methoxy groups -OCH3 is 1. The maximum Gasteiger partial charge on any atom is 0.165 e. The molecule has 2 heterocycles. The molecule has 1 aliphatic heterocycles. The van der Waals surface area contributed by atoms with Gasteiger partial charge in [-0.2, -0.15) is 5.10 Å². The van der Waals surface area contributed by atoms with Crippen LogP contribution in [-0.4, -0.2) is 35.3 Å². The SMILES string of the molecule is COc1cc(C)ccc1CN1CCC(c2cc(COc3ccccc3F)[nH]n2)C1. The Hall–Kier alpha value is -2.86. The number of aryl methyl sites for hydroxylation is 1. The van der Waals surface area contributed by atoms with Crippen molar-refractivity contribution in [2.24, 2.45) is 0 Å². The Bertz CT molecular complexity index is 972. The van der Waals surface area contributed by atoms with Crippen LogP contribution in [-0.2, 0) is 13.2 Å². The van der Waals surface area contributed by atoms with Crippen LogP contribution < -0.4 is 9.47 Å². The van der Waals surface area contributed by atoms with E-state index in [0.717, 1.165) is 43.2 Å². The lowest BCUT2D eigenvalue weighted by molar-refractivity contribution is 0.286. The molecule has 4 rings (SSSR count). The summed E-state index contributed by atoms with van der Waals surface area (Å²) in [6, 6.07) is 14.8. The summed E-state index contributed by atoms with van der Waals surface area (Å²) in [7, 11) is 1.72. The fourth-order valence-corrected chi connectivity index (χ4v) is 3.82. The molecule has 1 unspecified atom stereocenters. The number of hydrogen-bond donors (Lipinski definition) is 1. The van der Waals surface area contributed by atoms with E-state index < -0.39 is 0 Å². The molecule has 0 saturated carbocycles. The highest BCUT2D eigenvalue weighted by Gasteiger charge is 2.26. The molecule has 3 aromatic rings. The molecule has 0 amide bonds. The normalized spacial score (nSPS) is 16.9.